The van der Waals surface area contributed by atoms with Crippen LogP contribution in [-0.2, 0) is 16.2 Å². The summed E-state index contributed by atoms with van der Waals surface area (Å²) in [6, 6.07) is 72.2. The molecule has 0 atom stereocenters. The largest absolute Gasteiger partial charge is 0.455 e. The Hall–Kier alpha value is -7.42. The van der Waals surface area contributed by atoms with Crippen LogP contribution in [0.3, 0.4) is 0 Å². The Kier molecular flexibility index (Phi) is 8.84. The van der Waals surface area contributed by atoms with E-state index in [0.29, 0.717) is 0 Å². The zero-order valence-electron chi connectivity index (χ0n) is 38.8. The van der Waals surface area contributed by atoms with Crippen LogP contribution in [0.5, 0.6) is 0 Å². The quantitative estimate of drug-likeness (QED) is 0.166. The number of hydrogen-bond acceptors (Lipinski definition) is 2. The summed E-state index contributed by atoms with van der Waals surface area (Å²) in [5.41, 5.74) is 24.1. The Morgan fingerprint density at radius 2 is 0.955 bits per heavy atom. The third kappa shape index (κ3) is 6.15. The molecular weight excluding hydrogens is 799 g/mol. The maximum absolute atomic E-state index is 6.60. The minimum Gasteiger partial charge on any atom is -0.455 e. The number of furan rings is 1. The van der Waals surface area contributed by atoms with E-state index in [1.807, 2.05) is 6.07 Å². The molecule has 0 N–H and O–H groups in total. The number of hydrogen-bond donors (Lipinski definition) is 0. The zero-order chi connectivity index (χ0) is 45.1. The molecule has 0 unspecified atom stereocenters. The summed E-state index contributed by atoms with van der Waals surface area (Å²) in [6.45, 7) is 16.3. The lowest BCUT2D eigenvalue weighted by molar-refractivity contribution is 0.590. The van der Waals surface area contributed by atoms with Crippen LogP contribution in [0.25, 0.3) is 77.6 Å². The van der Waals surface area contributed by atoms with E-state index in [1.54, 1.807) is 0 Å². The van der Waals surface area contributed by atoms with E-state index in [4.69, 9.17) is 4.42 Å². The highest BCUT2D eigenvalue weighted by atomic mass is 16.3. The molecule has 0 spiro atoms. The van der Waals surface area contributed by atoms with Crippen molar-refractivity contribution in [3.8, 4) is 55.6 Å². The molecule has 12 rings (SSSR count). The molecule has 0 amide bonds. The van der Waals surface area contributed by atoms with Crippen molar-refractivity contribution in [1.82, 2.24) is 0 Å². The SMILES string of the molecule is CC(C)(C)c1ccc(-c2ccc3c(c2)C(C)(C)c2ccc(-c4ccccc4N(c4cccc(-c5cccc6c5oc5ccccc56)c4)c4ccc5c(c4)C(C)(C)c4ccccc4-5)cc2-3)cc1. The van der Waals surface area contributed by atoms with Crippen molar-refractivity contribution in [2.24, 2.45) is 0 Å². The van der Waals surface area contributed by atoms with Gasteiger partial charge in [-0.3, -0.25) is 0 Å². The third-order valence-electron chi connectivity index (χ3n) is 14.9. The lowest BCUT2D eigenvalue weighted by Gasteiger charge is -2.30. The minimum atomic E-state index is -0.151. The lowest BCUT2D eigenvalue weighted by atomic mass is 9.81. The van der Waals surface area contributed by atoms with Crippen molar-refractivity contribution in [2.45, 2.75) is 64.7 Å². The number of fused-ring (bicyclic) bond motifs is 9. The van der Waals surface area contributed by atoms with Gasteiger partial charge in [-0.05, 0) is 126 Å². The van der Waals surface area contributed by atoms with Gasteiger partial charge in [-0.2, -0.15) is 0 Å². The van der Waals surface area contributed by atoms with E-state index in [9.17, 15) is 0 Å². The highest BCUT2D eigenvalue weighted by Crippen LogP contribution is 2.54. The van der Waals surface area contributed by atoms with Crippen molar-refractivity contribution >= 4 is 39.0 Å². The molecule has 0 saturated heterocycles. The maximum Gasteiger partial charge on any atom is 0.143 e. The molecule has 0 saturated carbocycles. The van der Waals surface area contributed by atoms with Crippen molar-refractivity contribution in [3.05, 3.63) is 222 Å². The molecule has 66 heavy (non-hydrogen) atoms. The molecule has 0 aliphatic heterocycles. The van der Waals surface area contributed by atoms with Crippen LogP contribution in [0.15, 0.2) is 199 Å². The van der Waals surface area contributed by atoms with Gasteiger partial charge in [0.05, 0.1) is 5.69 Å². The van der Waals surface area contributed by atoms with Gasteiger partial charge in [0.2, 0.25) is 0 Å². The van der Waals surface area contributed by atoms with Gasteiger partial charge in [-0.15, -0.1) is 0 Å². The van der Waals surface area contributed by atoms with Crippen LogP contribution < -0.4 is 4.90 Å². The fourth-order valence-electron chi connectivity index (χ4n) is 11.2. The molecule has 9 aromatic carbocycles. The minimum absolute atomic E-state index is 0.119. The van der Waals surface area contributed by atoms with Crippen LogP contribution in [0.4, 0.5) is 17.1 Å². The number of rotatable bonds is 6. The number of para-hydroxylation sites is 3. The number of benzene rings is 9. The molecule has 2 aliphatic carbocycles. The van der Waals surface area contributed by atoms with Gasteiger partial charge in [0.1, 0.15) is 11.2 Å². The zero-order valence-corrected chi connectivity index (χ0v) is 38.8. The summed E-state index contributed by atoms with van der Waals surface area (Å²) < 4.78 is 6.60. The second-order valence-electron chi connectivity index (χ2n) is 20.6. The monoisotopic (exact) mass is 851 g/mol. The Balaban J connectivity index is 1.01. The molecule has 0 bridgehead atoms. The first-order chi connectivity index (χ1) is 31.9. The molecule has 1 heterocycles. The molecule has 0 radical (unpaired) electrons. The van der Waals surface area contributed by atoms with E-state index in [1.165, 1.54) is 72.3 Å². The Bertz CT molecular complexity index is 3570. The fourth-order valence-corrected chi connectivity index (χ4v) is 11.2. The average Bonchev–Trinajstić information content (AvgIpc) is 3.91. The summed E-state index contributed by atoms with van der Waals surface area (Å²) in [5.74, 6) is 0. The van der Waals surface area contributed by atoms with E-state index >= 15 is 0 Å². The first kappa shape index (κ1) is 40.1. The van der Waals surface area contributed by atoms with Crippen LogP contribution in [0.1, 0.15) is 76.3 Å². The average molecular weight is 852 g/mol. The molecule has 2 nitrogen and oxygen atoms in total. The predicted octanol–water partition coefficient (Wildman–Crippen LogP) is 18.0. The Morgan fingerprint density at radius 3 is 1.77 bits per heavy atom. The summed E-state index contributed by atoms with van der Waals surface area (Å²) in [7, 11) is 0. The fraction of sp³-hybridized carbons (Fsp3) is 0.156. The molecule has 10 aromatic rings. The van der Waals surface area contributed by atoms with Crippen LogP contribution in [-0.4, -0.2) is 0 Å². The Labute approximate surface area is 388 Å². The highest BCUT2D eigenvalue weighted by molar-refractivity contribution is 6.09. The van der Waals surface area contributed by atoms with Gasteiger partial charge in [0.15, 0.2) is 0 Å². The lowest BCUT2D eigenvalue weighted by Crippen LogP contribution is -2.17. The van der Waals surface area contributed by atoms with E-state index in [0.717, 1.165) is 50.1 Å². The smallest absolute Gasteiger partial charge is 0.143 e. The van der Waals surface area contributed by atoms with Gasteiger partial charge in [-0.1, -0.05) is 194 Å². The van der Waals surface area contributed by atoms with Crippen LogP contribution in [0.2, 0.25) is 0 Å². The summed E-state index contributed by atoms with van der Waals surface area (Å²) in [6.07, 6.45) is 0. The van der Waals surface area contributed by atoms with Crippen molar-refractivity contribution < 1.29 is 4.42 Å². The van der Waals surface area contributed by atoms with Gasteiger partial charge in [0.25, 0.3) is 0 Å². The van der Waals surface area contributed by atoms with Crippen molar-refractivity contribution in [2.75, 3.05) is 4.90 Å². The van der Waals surface area contributed by atoms with Crippen LogP contribution >= 0.6 is 0 Å². The van der Waals surface area contributed by atoms with Gasteiger partial charge in [-0.25, -0.2) is 0 Å². The summed E-state index contributed by atoms with van der Waals surface area (Å²) in [4.78, 5) is 2.47. The molecule has 320 valence electrons. The standard InChI is InChI=1S/C64H53NO/c1-62(2,3)44-30-26-40(27-31-44)41-28-33-51-54-37-43(29-35-56(54)64(6,7)57(51)38-41)47-18-9-12-24-59(47)65(46-32-34-50-49-19-8-11-23-55(49)63(4,5)58(50)39-46)45-17-14-16-42(36-45)48-21-15-22-53-52-20-10-13-25-60(52)66-61(48)53/h8-39H,1-7H3. The van der Waals surface area contributed by atoms with Crippen molar-refractivity contribution in [3.63, 3.8) is 0 Å². The summed E-state index contributed by atoms with van der Waals surface area (Å²) >= 11 is 0. The predicted molar refractivity (Wildman–Crippen MR) is 279 cm³/mol. The number of anilines is 3. The maximum atomic E-state index is 6.60. The second-order valence-corrected chi connectivity index (χ2v) is 20.6. The van der Waals surface area contributed by atoms with Gasteiger partial charge >= 0.3 is 0 Å². The highest BCUT2D eigenvalue weighted by Gasteiger charge is 2.38. The van der Waals surface area contributed by atoms with Gasteiger partial charge in [0, 0.05) is 44.1 Å². The number of nitrogens with zero attached hydrogens (tertiary/aromatic N) is 1. The second kappa shape index (κ2) is 14.5. The van der Waals surface area contributed by atoms with E-state index < -0.39 is 0 Å². The third-order valence-corrected chi connectivity index (χ3v) is 14.9. The molecule has 2 heteroatoms. The van der Waals surface area contributed by atoms with Crippen molar-refractivity contribution in [1.29, 1.82) is 0 Å². The summed E-state index contributed by atoms with van der Waals surface area (Å²) in [5, 5.41) is 2.26. The Morgan fingerprint density at radius 1 is 0.379 bits per heavy atom. The normalized spacial score (nSPS) is 14.2. The first-order valence-electron chi connectivity index (χ1n) is 23.4. The molecule has 1 aromatic heterocycles. The van der Waals surface area contributed by atoms with E-state index in [2.05, 4.69) is 241 Å². The van der Waals surface area contributed by atoms with E-state index in [-0.39, 0.29) is 16.2 Å². The van der Waals surface area contributed by atoms with Gasteiger partial charge < -0.3 is 9.32 Å². The molecule has 2 aliphatic rings. The molecule has 0 fully saturated rings. The van der Waals surface area contributed by atoms with Crippen LogP contribution in [0, 0.1) is 0 Å². The first-order valence-corrected chi connectivity index (χ1v) is 23.4. The topological polar surface area (TPSA) is 16.4 Å². The molecular formula is C64H53NO.